The van der Waals surface area contributed by atoms with Crippen molar-refractivity contribution in [2.75, 3.05) is 11.9 Å². The Labute approximate surface area is 72.5 Å². The van der Waals surface area contributed by atoms with Gasteiger partial charge in [0.1, 0.15) is 11.9 Å². The molecule has 4 nitrogen and oxygen atoms in total. The Morgan fingerprint density at radius 3 is 2.45 bits per heavy atom. The summed E-state index contributed by atoms with van der Waals surface area (Å²) in [5, 5.41) is 16.6. The third kappa shape index (κ3) is 4.35. The Morgan fingerprint density at radius 2 is 2.09 bits per heavy atom. The van der Waals surface area contributed by atoms with Gasteiger partial charge in [0, 0.05) is 0 Å². The summed E-state index contributed by atoms with van der Waals surface area (Å²) < 4.78 is 4.50. The van der Waals surface area contributed by atoms with Crippen LogP contribution in [0.25, 0.3) is 0 Å². The zero-order valence-electron chi connectivity index (χ0n) is 5.58. The van der Waals surface area contributed by atoms with Crippen molar-refractivity contribution >= 4 is 21.9 Å². The Balaban J connectivity index is 3.64. The predicted octanol–water partition coefficient (Wildman–Crippen LogP) is 0.588. The summed E-state index contributed by atoms with van der Waals surface area (Å²) in [4.78, 5) is 10.5. The molecule has 11 heavy (non-hydrogen) atoms. The molecule has 0 spiro atoms. The van der Waals surface area contributed by atoms with E-state index < -0.39 is 11.9 Å². The van der Waals surface area contributed by atoms with Gasteiger partial charge in [0.25, 0.3) is 0 Å². The molecule has 0 aromatic carbocycles. The van der Waals surface area contributed by atoms with Gasteiger partial charge in [0.15, 0.2) is 5.92 Å². The molecular weight excluding hydrogens is 212 g/mol. The molecule has 0 fully saturated rings. The predicted molar refractivity (Wildman–Crippen MR) is 39.5 cm³/mol. The minimum Gasteiger partial charge on any atom is -0.463 e. The first-order valence-electron chi connectivity index (χ1n) is 2.75. The molecular formula is C6H5BrN2O2. The average Bonchev–Trinajstić information content (AvgIpc) is 2.06. The highest BCUT2D eigenvalue weighted by Gasteiger charge is 2.07. The second kappa shape index (κ2) is 5.70. The quantitative estimate of drug-likeness (QED) is 0.512. The number of esters is 1. The molecule has 0 saturated heterocycles. The molecule has 0 aliphatic heterocycles. The highest BCUT2D eigenvalue weighted by atomic mass is 79.9. The van der Waals surface area contributed by atoms with Crippen LogP contribution in [0.5, 0.6) is 0 Å². The summed E-state index contributed by atoms with van der Waals surface area (Å²) in [7, 11) is 0. The Hall–Kier alpha value is -1.07. The Morgan fingerprint density at radius 1 is 1.55 bits per heavy atom. The van der Waals surface area contributed by atoms with Crippen molar-refractivity contribution < 1.29 is 9.53 Å². The van der Waals surface area contributed by atoms with E-state index in [1.807, 2.05) is 0 Å². The lowest BCUT2D eigenvalue weighted by Crippen LogP contribution is -2.12. The van der Waals surface area contributed by atoms with Gasteiger partial charge in [0.05, 0.1) is 12.1 Å². The molecule has 0 N–H and O–H groups in total. The maximum atomic E-state index is 10.5. The highest BCUT2D eigenvalue weighted by Crippen LogP contribution is 1.94. The van der Waals surface area contributed by atoms with E-state index in [1.54, 1.807) is 12.1 Å². The van der Waals surface area contributed by atoms with E-state index >= 15 is 0 Å². The lowest BCUT2D eigenvalue weighted by molar-refractivity contribution is -0.140. The van der Waals surface area contributed by atoms with E-state index in [9.17, 15) is 4.79 Å². The van der Waals surface area contributed by atoms with Crippen LogP contribution < -0.4 is 0 Å². The second-order valence-corrected chi connectivity index (χ2v) is 2.19. The first-order chi connectivity index (χ1) is 5.24. The van der Waals surface area contributed by atoms with E-state index in [2.05, 4.69) is 20.7 Å². The van der Waals surface area contributed by atoms with Crippen LogP contribution in [0, 0.1) is 28.6 Å². The maximum Gasteiger partial charge on any atom is 0.316 e. The van der Waals surface area contributed by atoms with Gasteiger partial charge in [0.2, 0.25) is 0 Å². The number of rotatable bonds is 3. The van der Waals surface area contributed by atoms with Gasteiger partial charge in [-0.15, -0.1) is 0 Å². The molecule has 0 aliphatic carbocycles. The number of halogens is 1. The normalized spacial score (nSPS) is 8.36. The van der Waals surface area contributed by atoms with Crippen molar-refractivity contribution in [1.29, 1.82) is 10.5 Å². The van der Waals surface area contributed by atoms with Gasteiger partial charge >= 0.3 is 5.97 Å². The van der Waals surface area contributed by atoms with Crippen LogP contribution >= 0.6 is 15.9 Å². The molecule has 0 aromatic heterocycles. The first kappa shape index (κ1) is 9.93. The number of carbonyl (C=O) groups excluding carboxylic acids is 1. The molecule has 0 aliphatic rings. The molecule has 0 amide bonds. The second-order valence-electron chi connectivity index (χ2n) is 1.63. The lowest BCUT2D eigenvalue weighted by Gasteiger charge is -2.00. The zero-order chi connectivity index (χ0) is 8.69. The van der Waals surface area contributed by atoms with Crippen molar-refractivity contribution in [1.82, 2.24) is 0 Å². The lowest BCUT2D eigenvalue weighted by atomic mass is 10.2. The third-order valence-electron chi connectivity index (χ3n) is 0.832. The molecule has 0 rings (SSSR count). The minimum atomic E-state index is -0.863. The van der Waals surface area contributed by atoms with Crippen molar-refractivity contribution in [3.05, 3.63) is 0 Å². The SMILES string of the molecule is N#CC(C#N)COC(=O)CBr. The van der Waals surface area contributed by atoms with Crippen molar-refractivity contribution in [2.24, 2.45) is 5.92 Å². The molecule has 58 valence electrons. The maximum absolute atomic E-state index is 10.5. The van der Waals surface area contributed by atoms with Crippen LogP contribution in [0.4, 0.5) is 0 Å². The summed E-state index contributed by atoms with van der Waals surface area (Å²) in [5.74, 6) is -1.33. The number of ether oxygens (including phenoxy) is 1. The number of nitriles is 2. The first-order valence-corrected chi connectivity index (χ1v) is 3.87. The number of hydrogen-bond donors (Lipinski definition) is 0. The highest BCUT2D eigenvalue weighted by molar-refractivity contribution is 9.09. The van der Waals surface area contributed by atoms with E-state index in [-0.39, 0.29) is 11.9 Å². The van der Waals surface area contributed by atoms with Crippen molar-refractivity contribution in [3.63, 3.8) is 0 Å². The molecule has 0 atom stereocenters. The molecule has 0 unspecified atom stereocenters. The van der Waals surface area contributed by atoms with Gasteiger partial charge in [-0.2, -0.15) is 10.5 Å². The van der Waals surface area contributed by atoms with Crippen LogP contribution in [0.15, 0.2) is 0 Å². The van der Waals surface area contributed by atoms with Gasteiger partial charge in [-0.25, -0.2) is 0 Å². The fraction of sp³-hybridized carbons (Fsp3) is 0.500. The zero-order valence-corrected chi connectivity index (χ0v) is 7.17. The fourth-order valence-corrected chi connectivity index (χ4v) is 0.480. The number of nitrogens with zero attached hydrogens (tertiary/aromatic N) is 2. The summed E-state index contributed by atoms with van der Waals surface area (Å²) in [6, 6.07) is 3.36. The summed E-state index contributed by atoms with van der Waals surface area (Å²) in [5.41, 5.74) is 0. The number of carbonyl (C=O) groups is 1. The van der Waals surface area contributed by atoms with E-state index in [1.165, 1.54) is 0 Å². The third-order valence-corrected chi connectivity index (χ3v) is 1.29. The van der Waals surface area contributed by atoms with E-state index in [0.29, 0.717) is 0 Å². The summed E-state index contributed by atoms with van der Waals surface area (Å²) in [6.07, 6.45) is 0. The largest absolute Gasteiger partial charge is 0.463 e. The molecule has 0 saturated carbocycles. The molecule has 0 bridgehead atoms. The smallest absolute Gasteiger partial charge is 0.316 e. The molecule has 0 aromatic rings. The van der Waals surface area contributed by atoms with E-state index in [4.69, 9.17) is 10.5 Å². The van der Waals surface area contributed by atoms with Crippen LogP contribution in [-0.4, -0.2) is 17.9 Å². The van der Waals surface area contributed by atoms with E-state index in [0.717, 1.165) is 0 Å². The fourth-order valence-electron chi connectivity index (χ4n) is 0.318. The monoisotopic (exact) mass is 216 g/mol. The molecule has 0 heterocycles. The molecule has 5 heteroatoms. The van der Waals surface area contributed by atoms with Crippen LogP contribution in [0.3, 0.4) is 0 Å². The molecule has 0 radical (unpaired) electrons. The van der Waals surface area contributed by atoms with Crippen molar-refractivity contribution in [2.45, 2.75) is 0 Å². The number of alkyl halides is 1. The standard InChI is InChI=1S/C6H5BrN2O2/c7-1-6(10)11-4-5(2-8)3-9/h5H,1,4H2. The topological polar surface area (TPSA) is 73.9 Å². The van der Waals surface area contributed by atoms with Gasteiger partial charge in [-0.1, -0.05) is 15.9 Å². The van der Waals surface area contributed by atoms with Crippen molar-refractivity contribution in [3.8, 4) is 12.1 Å². The summed E-state index contributed by atoms with van der Waals surface area (Å²) in [6.45, 7) is -0.155. The Kier molecular flexibility index (Phi) is 5.14. The van der Waals surface area contributed by atoms with Gasteiger partial charge in [-0.3, -0.25) is 4.79 Å². The van der Waals surface area contributed by atoms with Gasteiger partial charge < -0.3 is 4.74 Å². The van der Waals surface area contributed by atoms with Crippen LogP contribution in [0.2, 0.25) is 0 Å². The van der Waals surface area contributed by atoms with Gasteiger partial charge in [-0.05, 0) is 0 Å². The number of hydrogen-bond acceptors (Lipinski definition) is 4. The van der Waals surface area contributed by atoms with Crippen LogP contribution in [-0.2, 0) is 9.53 Å². The Bertz CT molecular complexity index is 202. The summed E-state index contributed by atoms with van der Waals surface area (Å²) >= 11 is 2.87. The average molecular weight is 217 g/mol. The minimum absolute atomic E-state index is 0.0799. The van der Waals surface area contributed by atoms with Crippen LogP contribution in [0.1, 0.15) is 0 Å².